The molecule has 0 aliphatic rings. The van der Waals surface area contributed by atoms with E-state index >= 15 is 0 Å². The largest absolute Gasteiger partial charge is 0.493 e. The molecule has 1 rings (SSSR count). The molecule has 0 saturated carbocycles. The number of carbonyl (C=O) groups is 1. The summed E-state index contributed by atoms with van der Waals surface area (Å²) >= 11 is 0. The summed E-state index contributed by atoms with van der Waals surface area (Å²) in [6, 6.07) is 5.32. The molecule has 0 aromatic heterocycles. The van der Waals surface area contributed by atoms with Gasteiger partial charge in [-0.2, -0.15) is 0 Å². The zero-order valence-electron chi connectivity index (χ0n) is 10.2. The Balaban J connectivity index is 3.04. The van der Waals surface area contributed by atoms with Crippen molar-refractivity contribution in [3.63, 3.8) is 0 Å². The molecule has 1 atom stereocenters. The van der Waals surface area contributed by atoms with Gasteiger partial charge >= 0.3 is 5.97 Å². The van der Waals surface area contributed by atoms with Crippen molar-refractivity contribution in [3.8, 4) is 11.5 Å². The molecule has 0 N–H and O–H groups in total. The van der Waals surface area contributed by atoms with Crippen LogP contribution >= 0.6 is 0 Å². The van der Waals surface area contributed by atoms with Gasteiger partial charge in [0.2, 0.25) is 0 Å². The standard InChI is InChI=1S/C13H16O4/c1-5-11(17-9(2)14)10-6-7-12(15-3)13(8-10)16-4/h5-8,11H,1H2,2-4H3/t11-/m1/s1. The van der Waals surface area contributed by atoms with Crippen molar-refractivity contribution in [2.75, 3.05) is 14.2 Å². The first-order valence-electron chi connectivity index (χ1n) is 5.14. The van der Waals surface area contributed by atoms with Gasteiger partial charge in [0.1, 0.15) is 6.10 Å². The monoisotopic (exact) mass is 236 g/mol. The molecule has 0 radical (unpaired) electrons. The Labute approximate surface area is 101 Å². The predicted molar refractivity (Wildman–Crippen MR) is 64.3 cm³/mol. The molecule has 0 saturated heterocycles. The quantitative estimate of drug-likeness (QED) is 0.582. The van der Waals surface area contributed by atoms with Crippen LogP contribution in [0.2, 0.25) is 0 Å². The smallest absolute Gasteiger partial charge is 0.303 e. The van der Waals surface area contributed by atoms with Crippen LogP contribution < -0.4 is 9.47 Å². The van der Waals surface area contributed by atoms with Gasteiger partial charge in [0.25, 0.3) is 0 Å². The number of hydrogen-bond acceptors (Lipinski definition) is 4. The molecule has 0 fully saturated rings. The van der Waals surface area contributed by atoms with Gasteiger partial charge in [-0.25, -0.2) is 0 Å². The summed E-state index contributed by atoms with van der Waals surface area (Å²) in [4.78, 5) is 10.9. The summed E-state index contributed by atoms with van der Waals surface area (Å²) < 4.78 is 15.4. The average Bonchev–Trinajstić information content (AvgIpc) is 2.34. The highest BCUT2D eigenvalue weighted by molar-refractivity contribution is 5.66. The summed E-state index contributed by atoms with van der Waals surface area (Å²) in [7, 11) is 3.12. The van der Waals surface area contributed by atoms with Gasteiger partial charge in [0, 0.05) is 12.5 Å². The topological polar surface area (TPSA) is 44.8 Å². The van der Waals surface area contributed by atoms with Gasteiger partial charge in [0.05, 0.1) is 14.2 Å². The van der Waals surface area contributed by atoms with Gasteiger partial charge in [-0.05, 0) is 18.2 Å². The van der Waals surface area contributed by atoms with Crippen LogP contribution in [0.15, 0.2) is 30.9 Å². The highest BCUT2D eigenvalue weighted by Gasteiger charge is 2.13. The lowest BCUT2D eigenvalue weighted by atomic mass is 10.1. The summed E-state index contributed by atoms with van der Waals surface area (Å²) in [5.41, 5.74) is 0.785. The lowest BCUT2D eigenvalue weighted by Crippen LogP contribution is -2.06. The Bertz CT molecular complexity index is 412. The van der Waals surface area contributed by atoms with Crippen molar-refractivity contribution in [2.45, 2.75) is 13.0 Å². The third-order valence-corrected chi connectivity index (χ3v) is 2.24. The number of benzene rings is 1. The number of ether oxygens (including phenoxy) is 3. The molecule has 0 aliphatic heterocycles. The van der Waals surface area contributed by atoms with Crippen molar-refractivity contribution in [2.24, 2.45) is 0 Å². The van der Waals surface area contributed by atoms with Crippen molar-refractivity contribution in [1.29, 1.82) is 0 Å². The van der Waals surface area contributed by atoms with Crippen molar-refractivity contribution >= 4 is 5.97 Å². The molecule has 0 aliphatic carbocycles. The third kappa shape index (κ3) is 3.24. The summed E-state index contributed by atoms with van der Waals surface area (Å²) in [5.74, 6) is 0.857. The Kier molecular flexibility index (Phi) is 4.57. The second kappa shape index (κ2) is 5.94. The molecule has 4 nitrogen and oxygen atoms in total. The zero-order chi connectivity index (χ0) is 12.8. The van der Waals surface area contributed by atoms with Crippen molar-refractivity contribution in [1.82, 2.24) is 0 Å². The fourth-order valence-electron chi connectivity index (χ4n) is 1.46. The minimum absolute atomic E-state index is 0.357. The summed E-state index contributed by atoms with van der Waals surface area (Å²) in [5, 5.41) is 0. The van der Waals surface area contributed by atoms with E-state index in [-0.39, 0.29) is 5.97 Å². The Morgan fingerprint density at radius 2 is 1.94 bits per heavy atom. The van der Waals surface area contributed by atoms with Crippen LogP contribution in [0.3, 0.4) is 0 Å². The highest BCUT2D eigenvalue weighted by Crippen LogP contribution is 2.31. The lowest BCUT2D eigenvalue weighted by molar-refractivity contribution is -0.144. The molecular weight excluding hydrogens is 220 g/mol. The normalized spacial score (nSPS) is 11.5. The van der Waals surface area contributed by atoms with Gasteiger partial charge < -0.3 is 14.2 Å². The van der Waals surface area contributed by atoms with E-state index in [0.717, 1.165) is 5.56 Å². The summed E-state index contributed by atoms with van der Waals surface area (Å²) in [6.45, 7) is 5.00. The van der Waals surface area contributed by atoms with Crippen LogP contribution in [-0.2, 0) is 9.53 Å². The predicted octanol–water partition coefficient (Wildman–Crippen LogP) is 2.49. The minimum atomic E-state index is -0.479. The maximum Gasteiger partial charge on any atom is 0.303 e. The number of esters is 1. The van der Waals surface area contributed by atoms with E-state index in [1.165, 1.54) is 6.92 Å². The fraction of sp³-hybridized carbons (Fsp3) is 0.308. The van der Waals surface area contributed by atoms with E-state index in [0.29, 0.717) is 11.5 Å². The molecule has 92 valence electrons. The highest BCUT2D eigenvalue weighted by atomic mass is 16.5. The molecule has 0 spiro atoms. The van der Waals surface area contributed by atoms with E-state index in [2.05, 4.69) is 6.58 Å². The molecule has 0 bridgehead atoms. The van der Waals surface area contributed by atoms with E-state index in [4.69, 9.17) is 14.2 Å². The van der Waals surface area contributed by atoms with Crippen LogP contribution in [-0.4, -0.2) is 20.2 Å². The molecule has 1 aromatic carbocycles. The number of methoxy groups -OCH3 is 2. The third-order valence-electron chi connectivity index (χ3n) is 2.24. The first-order valence-corrected chi connectivity index (χ1v) is 5.14. The molecular formula is C13H16O4. The SMILES string of the molecule is C=C[C@@H](OC(C)=O)c1ccc(OC)c(OC)c1. The number of carbonyl (C=O) groups excluding carboxylic acids is 1. The Morgan fingerprint density at radius 1 is 1.29 bits per heavy atom. The average molecular weight is 236 g/mol. The maximum atomic E-state index is 10.9. The van der Waals surface area contributed by atoms with Crippen LogP contribution in [0.1, 0.15) is 18.6 Å². The van der Waals surface area contributed by atoms with E-state index in [9.17, 15) is 4.79 Å². The van der Waals surface area contributed by atoms with Gasteiger partial charge in [-0.1, -0.05) is 12.6 Å². The molecule has 1 aromatic rings. The molecule has 0 heterocycles. The Morgan fingerprint density at radius 3 is 2.41 bits per heavy atom. The summed E-state index contributed by atoms with van der Waals surface area (Å²) in [6.07, 6.45) is 1.08. The molecule has 17 heavy (non-hydrogen) atoms. The zero-order valence-corrected chi connectivity index (χ0v) is 10.2. The van der Waals surface area contributed by atoms with Gasteiger partial charge in [-0.3, -0.25) is 4.79 Å². The first kappa shape index (κ1) is 13.1. The first-order chi connectivity index (χ1) is 8.12. The van der Waals surface area contributed by atoms with Crippen LogP contribution in [0.4, 0.5) is 0 Å². The second-order valence-electron chi connectivity index (χ2n) is 3.38. The fourth-order valence-corrected chi connectivity index (χ4v) is 1.46. The molecule has 4 heteroatoms. The number of rotatable bonds is 5. The van der Waals surface area contributed by atoms with Crippen molar-refractivity contribution in [3.05, 3.63) is 36.4 Å². The van der Waals surface area contributed by atoms with E-state index in [1.807, 2.05) is 0 Å². The van der Waals surface area contributed by atoms with Gasteiger partial charge in [0.15, 0.2) is 11.5 Å². The van der Waals surface area contributed by atoms with Crippen LogP contribution in [0.25, 0.3) is 0 Å². The van der Waals surface area contributed by atoms with Crippen molar-refractivity contribution < 1.29 is 19.0 Å². The molecule has 0 amide bonds. The Hall–Kier alpha value is -1.97. The number of hydrogen-bond donors (Lipinski definition) is 0. The van der Waals surface area contributed by atoms with Gasteiger partial charge in [-0.15, -0.1) is 0 Å². The lowest BCUT2D eigenvalue weighted by Gasteiger charge is -2.15. The second-order valence-corrected chi connectivity index (χ2v) is 3.38. The minimum Gasteiger partial charge on any atom is -0.493 e. The van der Waals surface area contributed by atoms with Crippen LogP contribution in [0.5, 0.6) is 11.5 Å². The van der Waals surface area contributed by atoms with E-state index in [1.54, 1.807) is 38.5 Å². The van der Waals surface area contributed by atoms with Crippen LogP contribution in [0, 0.1) is 0 Å². The van der Waals surface area contributed by atoms with E-state index < -0.39 is 6.10 Å². The molecule has 0 unspecified atom stereocenters. The maximum absolute atomic E-state index is 10.9.